The maximum absolute atomic E-state index is 13.4. The van der Waals surface area contributed by atoms with Crippen LogP contribution in [-0.2, 0) is 0 Å². The number of hydrazone groups is 1. The Hall–Kier alpha value is -2.82. The fourth-order valence-electron chi connectivity index (χ4n) is 1.85. The second-order valence-corrected chi connectivity index (χ2v) is 4.17. The van der Waals surface area contributed by atoms with E-state index in [9.17, 15) is 4.39 Å². The highest BCUT2D eigenvalue weighted by Gasteiger charge is 2.01. The van der Waals surface area contributed by atoms with Crippen molar-refractivity contribution in [2.75, 3.05) is 5.43 Å². The van der Waals surface area contributed by atoms with Crippen LogP contribution in [-0.4, -0.2) is 16.4 Å². The van der Waals surface area contributed by atoms with Gasteiger partial charge < -0.3 is 0 Å². The molecule has 0 amide bonds. The Morgan fingerprint density at radius 2 is 1.85 bits per heavy atom. The third kappa shape index (κ3) is 2.47. The SMILES string of the molecule is Fc1ccccc1C=NNc1nncc2ccccc12. The first-order valence-corrected chi connectivity index (χ1v) is 6.08. The fraction of sp³-hybridized carbons (Fsp3) is 0. The molecular weight excluding hydrogens is 255 g/mol. The van der Waals surface area contributed by atoms with Crippen molar-refractivity contribution >= 4 is 22.8 Å². The Labute approximate surface area is 115 Å². The predicted octanol–water partition coefficient (Wildman–Crippen LogP) is 3.21. The summed E-state index contributed by atoms with van der Waals surface area (Å²) < 4.78 is 13.4. The summed E-state index contributed by atoms with van der Waals surface area (Å²) in [6.07, 6.45) is 3.10. The van der Waals surface area contributed by atoms with Crippen LogP contribution in [0.25, 0.3) is 10.8 Å². The Morgan fingerprint density at radius 3 is 2.75 bits per heavy atom. The molecule has 0 spiro atoms. The van der Waals surface area contributed by atoms with Gasteiger partial charge >= 0.3 is 0 Å². The lowest BCUT2D eigenvalue weighted by Gasteiger charge is -2.02. The molecule has 20 heavy (non-hydrogen) atoms. The van der Waals surface area contributed by atoms with Crippen molar-refractivity contribution < 1.29 is 4.39 Å². The standard InChI is InChI=1S/C15H11FN4/c16-14-8-4-2-6-12(14)10-18-20-15-13-7-3-1-5-11(13)9-17-19-15/h1-10H,(H,19,20). The summed E-state index contributed by atoms with van der Waals surface area (Å²) in [5, 5.41) is 13.8. The minimum absolute atomic E-state index is 0.318. The van der Waals surface area contributed by atoms with Gasteiger partial charge in [-0.3, -0.25) is 5.43 Å². The van der Waals surface area contributed by atoms with Gasteiger partial charge in [0.25, 0.3) is 0 Å². The van der Waals surface area contributed by atoms with Crippen LogP contribution in [0.4, 0.5) is 10.2 Å². The molecule has 1 heterocycles. The van der Waals surface area contributed by atoms with Gasteiger partial charge in [-0.2, -0.15) is 10.2 Å². The first kappa shape index (κ1) is 12.2. The zero-order valence-electron chi connectivity index (χ0n) is 10.5. The van der Waals surface area contributed by atoms with Crippen LogP contribution >= 0.6 is 0 Å². The predicted molar refractivity (Wildman–Crippen MR) is 77.2 cm³/mol. The van der Waals surface area contributed by atoms with Crippen molar-refractivity contribution in [2.45, 2.75) is 0 Å². The van der Waals surface area contributed by atoms with Crippen molar-refractivity contribution in [3.8, 4) is 0 Å². The Kier molecular flexibility index (Phi) is 3.33. The van der Waals surface area contributed by atoms with E-state index in [0.717, 1.165) is 10.8 Å². The molecule has 0 aliphatic heterocycles. The van der Waals surface area contributed by atoms with Gasteiger partial charge in [-0.05, 0) is 6.07 Å². The zero-order chi connectivity index (χ0) is 13.8. The zero-order valence-corrected chi connectivity index (χ0v) is 10.5. The number of hydrogen-bond acceptors (Lipinski definition) is 4. The molecule has 3 aromatic rings. The maximum atomic E-state index is 13.4. The number of benzene rings is 2. The summed E-state index contributed by atoms with van der Waals surface area (Å²) in [7, 11) is 0. The van der Waals surface area contributed by atoms with Gasteiger partial charge in [0.2, 0.25) is 0 Å². The molecule has 0 radical (unpaired) electrons. The molecule has 98 valence electrons. The molecule has 0 saturated carbocycles. The molecule has 0 aliphatic carbocycles. The molecule has 0 atom stereocenters. The van der Waals surface area contributed by atoms with Crippen LogP contribution in [0.15, 0.2) is 59.8 Å². The van der Waals surface area contributed by atoms with Crippen molar-refractivity contribution in [3.63, 3.8) is 0 Å². The van der Waals surface area contributed by atoms with Crippen molar-refractivity contribution in [1.82, 2.24) is 10.2 Å². The largest absolute Gasteiger partial charge is 0.259 e. The quantitative estimate of drug-likeness (QED) is 0.585. The average molecular weight is 266 g/mol. The lowest BCUT2D eigenvalue weighted by Crippen LogP contribution is -1.97. The lowest BCUT2D eigenvalue weighted by molar-refractivity contribution is 0.626. The van der Waals surface area contributed by atoms with E-state index >= 15 is 0 Å². The average Bonchev–Trinajstić information content (AvgIpc) is 2.49. The molecule has 5 heteroatoms. The number of hydrogen-bond donors (Lipinski definition) is 1. The minimum Gasteiger partial charge on any atom is -0.259 e. The van der Waals surface area contributed by atoms with Gasteiger partial charge in [-0.25, -0.2) is 4.39 Å². The topological polar surface area (TPSA) is 50.2 Å². The summed E-state index contributed by atoms with van der Waals surface area (Å²) in [5.41, 5.74) is 3.20. The Bertz CT molecular complexity index is 765. The van der Waals surface area contributed by atoms with Gasteiger partial charge in [0, 0.05) is 16.3 Å². The van der Waals surface area contributed by atoms with Crippen molar-refractivity contribution in [1.29, 1.82) is 0 Å². The van der Waals surface area contributed by atoms with Crippen molar-refractivity contribution in [3.05, 3.63) is 66.1 Å². The lowest BCUT2D eigenvalue weighted by atomic mass is 10.2. The smallest absolute Gasteiger partial charge is 0.176 e. The monoisotopic (exact) mass is 266 g/mol. The summed E-state index contributed by atoms with van der Waals surface area (Å²) in [4.78, 5) is 0. The summed E-state index contributed by atoms with van der Waals surface area (Å²) >= 11 is 0. The van der Waals surface area contributed by atoms with Crippen LogP contribution < -0.4 is 5.43 Å². The van der Waals surface area contributed by atoms with E-state index in [1.54, 1.807) is 24.4 Å². The second kappa shape index (κ2) is 5.44. The number of nitrogens with zero attached hydrogens (tertiary/aromatic N) is 3. The highest BCUT2D eigenvalue weighted by Crippen LogP contribution is 2.18. The van der Waals surface area contributed by atoms with Crippen LogP contribution in [0.1, 0.15) is 5.56 Å². The first-order chi connectivity index (χ1) is 9.84. The Morgan fingerprint density at radius 1 is 1.05 bits per heavy atom. The third-order valence-corrected chi connectivity index (χ3v) is 2.85. The second-order valence-electron chi connectivity index (χ2n) is 4.17. The molecule has 0 unspecified atom stereocenters. The van der Waals surface area contributed by atoms with Gasteiger partial charge in [-0.15, -0.1) is 5.10 Å². The number of anilines is 1. The van der Waals surface area contributed by atoms with E-state index in [1.165, 1.54) is 12.3 Å². The van der Waals surface area contributed by atoms with E-state index in [0.29, 0.717) is 11.4 Å². The molecule has 2 aromatic carbocycles. The molecular formula is C15H11FN4. The normalized spacial score (nSPS) is 11.1. The van der Waals surface area contributed by atoms with Crippen LogP contribution in [0, 0.1) is 5.82 Å². The van der Waals surface area contributed by atoms with E-state index in [2.05, 4.69) is 20.7 Å². The van der Waals surface area contributed by atoms with Crippen LogP contribution in [0.5, 0.6) is 0 Å². The Balaban J connectivity index is 1.86. The molecule has 0 saturated heterocycles. The number of rotatable bonds is 3. The molecule has 0 aliphatic rings. The fourth-order valence-corrected chi connectivity index (χ4v) is 1.85. The van der Waals surface area contributed by atoms with Gasteiger partial charge in [0.15, 0.2) is 5.82 Å². The summed E-state index contributed by atoms with van der Waals surface area (Å²) in [6.45, 7) is 0. The number of fused-ring (bicyclic) bond motifs is 1. The third-order valence-electron chi connectivity index (χ3n) is 2.85. The molecule has 0 bridgehead atoms. The number of halogens is 1. The van der Waals surface area contributed by atoms with E-state index < -0.39 is 0 Å². The molecule has 4 nitrogen and oxygen atoms in total. The number of aromatic nitrogens is 2. The maximum Gasteiger partial charge on any atom is 0.176 e. The highest BCUT2D eigenvalue weighted by atomic mass is 19.1. The highest BCUT2D eigenvalue weighted by molar-refractivity contribution is 5.91. The number of nitrogens with one attached hydrogen (secondary N) is 1. The minimum atomic E-state index is -0.318. The van der Waals surface area contributed by atoms with Gasteiger partial charge in [0.1, 0.15) is 5.82 Å². The molecule has 0 fully saturated rings. The molecule has 1 N–H and O–H groups in total. The van der Waals surface area contributed by atoms with E-state index in [4.69, 9.17) is 0 Å². The van der Waals surface area contributed by atoms with Crippen LogP contribution in [0.2, 0.25) is 0 Å². The van der Waals surface area contributed by atoms with Gasteiger partial charge in [-0.1, -0.05) is 42.5 Å². The van der Waals surface area contributed by atoms with Gasteiger partial charge in [0.05, 0.1) is 12.4 Å². The van der Waals surface area contributed by atoms with Crippen molar-refractivity contribution in [2.24, 2.45) is 5.10 Å². The van der Waals surface area contributed by atoms with Crippen LogP contribution in [0.3, 0.4) is 0 Å². The molecule has 1 aromatic heterocycles. The molecule has 3 rings (SSSR count). The first-order valence-electron chi connectivity index (χ1n) is 6.08. The summed E-state index contributed by atoms with van der Waals surface area (Å²) in [6, 6.07) is 14.1. The van der Waals surface area contributed by atoms with E-state index in [-0.39, 0.29) is 5.82 Å². The summed E-state index contributed by atoms with van der Waals surface area (Å²) in [5.74, 6) is 0.220. The van der Waals surface area contributed by atoms with E-state index in [1.807, 2.05) is 24.3 Å².